The number of esters is 1. The Kier molecular flexibility index (Phi) is 8.23. The molecular formula is C14H29NO2. The van der Waals surface area contributed by atoms with Gasteiger partial charge in [-0.15, -0.1) is 0 Å². The van der Waals surface area contributed by atoms with Crippen LogP contribution in [0.2, 0.25) is 0 Å². The van der Waals surface area contributed by atoms with Gasteiger partial charge in [0.1, 0.15) is 0 Å². The third-order valence-electron chi connectivity index (χ3n) is 2.72. The Balaban J connectivity index is 3.85. The van der Waals surface area contributed by atoms with Crippen LogP contribution in [-0.2, 0) is 9.53 Å². The second kappa shape index (κ2) is 8.51. The minimum absolute atomic E-state index is 0.116. The monoisotopic (exact) mass is 243 g/mol. The lowest BCUT2D eigenvalue weighted by Crippen LogP contribution is -2.29. The van der Waals surface area contributed by atoms with Crippen molar-refractivity contribution >= 4 is 5.97 Å². The predicted octanol–water partition coefficient (Wildman–Crippen LogP) is 3.12. The maximum Gasteiger partial charge on any atom is 0.310 e. The summed E-state index contributed by atoms with van der Waals surface area (Å²) in [6.07, 6.45) is 5.29. The number of carbonyl (C=O) groups excluding carboxylic acids is 1. The minimum atomic E-state index is -0.152. The van der Waals surface area contributed by atoms with E-state index >= 15 is 0 Å². The molecule has 0 fully saturated rings. The van der Waals surface area contributed by atoms with Crippen LogP contribution < -0.4 is 5.73 Å². The van der Waals surface area contributed by atoms with Crippen molar-refractivity contribution in [3.63, 3.8) is 0 Å². The Morgan fingerprint density at radius 3 is 2.35 bits per heavy atom. The van der Waals surface area contributed by atoms with Crippen molar-refractivity contribution in [2.45, 2.75) is 59.8 Å². The molecule has 102 valence electrons. The van der Waals surface area contributed by atoms with E-state index in [1.54, 1.807) is 0 Å². The van der Waals surface area contributed by atoms with Gasteiger partial charge in [0.15, 0.2) is 0 Å². The van der Waals surface area contributed by atoms with Crippen molar-refractivity contribution in [3.8, 4) is 0 Å². The van der Waals surface area contributed by atoms with Crippen molar-refractivity contribution in [1.29, 1.82) is 0 Å². The van der Waals surface area contributed by atoms with E-state index in [1.807, 2.05) is 0 Å². The summed E-state index contributed by atoms with van der Waals surface area (Å²) in [6, 6.07) is 0. The van der Waals surface area contributed by atoms with Gasteiger partial charge in [-0.1, -0.05) is 47.0 Å². The molecule has 1 unspecified atom stereocenters. The fourth-order valence-corrected chi connectivity index (χ4v) is 1.82. The summed E-state index contributed by atoms with van der Waals surface area (Å²) in [5.41, 5.74) is 5.75. The van der Waals surface area contributed by atoms with Gasteiger partial charge in [0.25, 0.3) is 0 Å². The van der Waals surface area contributed by atoms with Crippen LogP contribution in [0.1, 0.15) is 59.8 Å². The molecule has 0 aliphatic carbocycles. The first-order valence-electron chi connectivity index (χ1n) is 6.77. The van der Waals surface area contributed by atoms with Crippen molar-refractivity contribution in [3.05, 3.63) is 0 Å². The van der Waals surface area contributed by atoms with Crippen molar-refractivity contribution in [1.82, 2.24) is 0 Å². The Labute approximate surface area is 106 Å². The molecule has 0 aliphatic rings. The molecule has 0 radical (unpaired) electrons. The third kappa shape index (κ3) is 9.16. The van der Waals surface area contributed by atoms with Crippen LogP contribution >= 0.6 is 0 Å². The van der Waals surface area contributed by atoms with E-state index in [0.29, 0.717) is 13.2 Å². The lowest BCUT2D eigenvalue weighted by Gasteiger charge is -2.23. The van der Waals surface area contributed by atoms with Crippen molar-refractivity contribution in [2.24, 2.45) is 17.1 Å². The molecule has 0 bridgehead atoms. The highest BCUT2D eigenvalue weighted by Gasteiger charge is 2.24. The Hall–Kier alpha value is -0.570. The molecule has 0 spiro atoms. The van der Waals surface area contributed by atoms with Gasteiger partial charge in [-0.25, -0.2) is 0 Å². The topological polar surface area (TPSA) is 52.3 Å². The van der Waals surface area contributed by atoms with Gasteiger partial charge in [0.2, 0.25) is 0 Å². The van der Waals surface area contributed by atoms with E-state index in [-0.39, 0.29) is 17.3 Å². The largest absolute Gasteiger partial charge is 0.465 e. The number of hydrogen-bond donors (Lipinski definition) is 1. The second-order valence-electron chi connectivity index (χ2n) is 5.93. The molecule has 0 aromatic heterocycles. The average Bonchev–Trinajstić information content (AvgIpc) is 2.24. The van der Waals surface area contributed by atoms with E-state index in [1.165, 1.54) is 12.8 Å². The number of hydrogen-bond acceptors (Lipinski definition) is 3. The number of unbranched alkanes of at least 4 members (excludes halogenated alkanes) is 3. The predicted molar refractivity (Wildman–Crippen MR) is 71.7 cm³/mol. The van der Waals surface area contributed by atoms with Gasteiger partial charge in [-0.3, -0.25) is 4.79 Å². The molecule has 17 heavy (non-hydrogen) atoms. The molecule has 0 saturated heterocycles. The average molecular weight is 243 g/mol. The molecule has 0 heterocycles. The normalized spacial score (nSPS) is 13.5. The van der Waals surface area contributed by atoms with Crippen LogP contribution in [-0.4, -0.2) is 19.1 Å². The number of nitrogens with two attached hydrogens (primary N) is 1. The first-order chi connectivity index (χ1) is 7.90. The summed E-state index contributed by atoms with van der Waals surface area (Å²) in [5.74, 6) is -0.278. The van der Waals surface area contributed by atoms with Gasteiger partial charge < -0.3 is 10.5 Å². The minimum Gasteiger partial charge on any atom is -0.465 e. The maximum absolute atomic E-state index is 11.8. The van der Waals surface area contributed by atoms with Crippen molar-refractivity contribution < 1.29 is 9.53 Å². The highest BCUT2D eigenvalue weighted by molar-refractivity contribution is 5.72. The summed E-state index contributed by atoms with van der Waals surface area (Å²) in [7, 11) is 0. The Morgan fingerprint density at radius 2 is 1.88 bits per heavy atom. The van der Waals surface area contributed by atoms with E-state index < -0.39 is 0 Å². The van der Waals surface area contributed by atoms with Crippen LogP contribution in [0.15, 0.2) is 0 Å². The van der Waals surface area contributed by atoms with Crippen molar-refractivity contribution in [2.75, 3.05) is 13.2 Å². The van der Waals surface area contributed by atoms with Crippen LogP contribution in [0.4, 0.5) is 0 Å². The van der Waals surface area contributed by atoms with Crippen LogP contribution in [0.3, 0.4) is 0 Å². The molecule has 2 N–H and O–H groups in total. The van der Waals surface area contributed by atoms with E-state index in [9.17, 15) is 4.79 Å². The molecule has 1 atom stereocenters. The molecule has 3 nitrogen and oxygen atoms in total. The fourth-order valence-electron chi connectivity index (χ4n) is 1.82. The standard InChI is InChI=1S/C14H29NO2/c1-5-6-7-8-9-17-13(16)12(11-15)10-14(2,3)4/h12H,5-11,15H2,1-4H3. The fraction of sp³-hybridized carbons (Fsp3) is 0.929. The molecule has 0 aromatic carbocycles. The summed E-state index contributed by atoms with van der Waals surface area (Å²) in [4.78, 5) is 11.8. The molecule has 0 aromatic rings. The summed E-state index contributed by atoms with van der Waals surface area (Å²) < 4.78 is 5.27. The molecule has 3 heteroatoms. The van der Waals surface area contributed by atoms with E-state index in [0.717, 1.165) is 19.3 Å². The van der Waals surface area contributed by atoms with Crippen LogP contribution in [0, 0.1) is 11.3 Å². The zero-order chi connectivity index (χ0) is 13.3. The smallest absolute Gasteiger partial charge is 0.310 e. The lowest BCUT2D eigenvalue weighted by atomic mass is 9.85. The summed E-state index contributed by atoms with van der Waals surface area (Å²) in [5, 5.41) is 0. The Morgan fingerprint density at radius 1 is 1.24 bits per heavy atom. The van der Waals surface area contributed by atoms with Crippen LogP contribution in [0.5, 0.6) is 0 Å². The lowest BCUT2D eigenvalue weighted by molar-refractivity contribution is -0.149. The highest BCUT2D eigenvalue weighted by atomic mass is 16.5. The molecular weight excluding hydrogens is 214 g/mol. The quantitative estimate of drug-likeness (QED) is 0.526. The molecule has 0 saturated carbocycles. The van der Waals surface area contributed by atoms with Crippen LogP contribution in [0.25, 0.3) is 0 Å². The van der Waals surface area contributed by atoms with Gasteiger partial charge >= 0.3 is 5.97 Å². The summed E-state index contributed by atoms with van der Waals surface area (Å²) >= 11 is 0. The second-order valence-corrected chi connectivity index (χ2v) is 5.93. The first kappa shape index (κ1) is 16.4. The zero-order valence-corrected chi connectivity index (χ0v) is 11.9. The number of carbonyl (C=O) groups is 1. The highest BCUT2D eigenvalue weighted by Crippen LogP contribution is 2.24. The first-order valence-corrected chi connectivity index (χ1v) is 6.77. The third-order valence-corrected chi connectivity index (χ3v) is 2.72. The Bertz CT molecular complexity index is 209. The van der Waals surface area contributed by atoms with E-state index in [2.05, 4.69) is 27.7 Å². The maximum atomic E-state index is 11.8. The SMILES string of the molecule is CCCCCCOC(=O)C(CN)CC(C)(C)C. The summed E-state index contributed by atoms with van der Waals surface area (Å²) in [6.45, 7) is 9.43. The molecule has 0 aliphatic heterocycles. The number of rotatable bonds is 8. The van der Waals surface area contributed by atoms with Gasteiger partial charge in [0, 0.05) is 6.54 Å². The van der Waals surface area contributed by atoms with E-state index in [4.69, 9.17) is 10.5 Å². The van der Waals surface area contributed by atoms with Gasteiger partial charge in [0.05, 0.1) is 12.5 Å². The molecule has 0 rings (SSSR count). The zero-order valence-electron chi connectivity index (χ0n) is 11.9. The van der Waals surface area contributed by atoms with Gasteiger partial charge in [-0.2, -0.15) is 0 Å². The number of ether oxygens (including phenoxy) is 1. The molecule has 0 amide bonds. The van der Waals surface area contributed by atoms with Gasteiger partial charge in [-0.05, 0) is 18.3 Å².